The summed E-state index contributed by atoms with van der Waals surface area (Å²) in [4.78, 5) is 7.67. The number of nitrogens with zero attached hydrogens (tertiary/aromatic N) is 2. The van der Waals surface area contributed by atoms with Crippen molar-refractivity contribution in [1.29, 1.82) is 0 Å². The van der Waals surface area contributed by atoms with E-state index in [1.807, 2.05) is 6.92 Å². The molecule has 0 bridgehead atoms. The van der Waals surface area contributed by atoms with Crippen molar-refractivity contribution in [2.24, 2.45) is 0 Å². The number of alkyl halides is 3. The summed E-state index contributed by atoms with van der Waals surface area (Å²) in [5, 5.41) is 5.19. The maximum atomic E-state index is 12.0. The fraction of sp³-hybridized carbons (Fsp3) is 0.556. The molecule has 0 atom stereocenters. The predicted octanol–water partition coefficient (Wildman–Crippen LogP) is 3.04. The first kappa shape index (κ1) is 14.0. The first-order valence-corrected chi connectivity index (χ1v) is 5.78. The van der Waals surface area contributed by atoms with Gasteiger partial charge in [0.1, 0.15) is 29.0 Å². The molecule has 0 fully saturated rings. The van der Waals surface area contributed by atoms with E-state index in [1.54, 1.807) is 0 Å². The largest absolute Gasteiger partial charge is 0.405 e. The van der Waals surface area contributed by atoms with E-state index in [1.165, 1.54) is 6.33 Å². The van der Waals surface area contributed by atoms with Gasteiger partial charge in [-0.2, -0.15) is 13.2 Å². The van der Waals surface area contributed by atoms with E-state index < -0.39 is 12.7 Å². The topological polar surface area (TPSA) is 49.8 Å². The number of aromatic nitrogens is 2. The van der Waals surface area contributed by atoms with Crippen LogP contribution in [0, 0.1) is 0 Å². The van der Waals surface area contributed by atoms with Crippen LogP contribution >= 0.6 is 15.9 Å². The molecule has 0 aromatic carbocycles. The van der Waals surface area contributed by atoms with Gasteiger partial charge >= 0.3 is 6.18 Å². The van der Waals surface area contributed by atoms with Gasteiger partial charge in [-0.1, -0.05) is 6.92 Å². The van der Waals surface area contributed by atoms with Gasteiger partial charge in [-0.25, -0.2) is 9.97 Å². The van der Waals surface area contributed by atoms with Crippen molar-refractivity contribution >= 4 is 27.6 Å². The highest BCUT2D eigenvalue weighted by Gasteiger charge is 2.27. The molecule has 17 heavy (non-hydrogen) atoms. The molecule has 0 radical (unpaired) electrons. The Hall–Kier alpha value is -1.05. The SMILES string of the molecule is CCCNc1ncnc(NCC(F)(F)F)c1Br. The lowest BCUT2D eigenvalue weighted by Gasteiger charge is -2.12. The van der Waals surface area contributed by atoms with Crippen molar-refractivity contribution in [3.8, 4) is 0 Å². The normalized spacial score (nSPS) is 11.4. The number of halogens is 4. The fourth-order valence-electron chi connectivity index (χ4n) is 1.04. The predicted molar refractivity (Wildman–Crippen MR) is 63.1 cm³/mol. The van der Waals surface area contributed by atoms with Crippen LogP contribution in [0.15, 0.2) is 10.8 Å². The molecule has 0 amide bonds. The lowest BCUT2D eigenvalue weighted by Crippen LogP contribution is -2.22. The van der Waals surface area contributed by atoms with Gasteiger partial charge in [-0.15, -0.1) is 0 Å². The summed E-state index contributed by atoms with van der Waals surface area (Å²) >= 11 is 3.16. The van der Waals surface area contributed by atoms with Crippen LogP contribution in [0.3, 0.4) is 0 Å². The molecule has 0 spiro atoms. The van der Waals surface area contributed by atoms with Gasteiger partial charge in [0.25, 0.3) is 0 Å². The molecule has 4 nitrogen and oxygen atoms in total. The van der Waals surface area contributed by atoms with Gasteiger partial charge in [0, 0.05) is 6.54 Å². The molecule has 0 aliphatic heterocycles. The van der Waals surface area contributed by atoms with Gasteiger partial charge in [0.05, 0.1) is 0 Å². The maximum Gasteiger partial charge on any atom is 0.405 e. The average molecular weight is 313 g/mol. The Morgan fingerprint density at radius 2 is 1.82 bits per heavy atom. The summed E-state index contributed by atoms with van der Waals surface area (Å²) in [6.45, 7) is 1.54. The van der Waals surface area contributed by atoms with E-state index in [9.17, 15) is 13.2 Å². The molecule has 1 heterocycles. The molecule has 0 saturated carbocycles. The molecule has 0 aliphatic carbocycles. The highest BCUT2D eigenvalue weighted by molar-refractivity contribution is 9.10. The number of rotatable bonds is 5. The van der Waals surface area contributed by atoms with Crippen LogP contribution in [0.5, 0.6) is 0 Å². The van der Waals surface area contributed by atoms with Crippen molar-refractivity contribution in [3.63, 3.8) is 0 Å². The minimum Gasteiger partial charge on any atom is -0.369 e. The molecule has 8 heteroatoms. The number of anilines is 2. The number of hydrogen-bond donors (Lipinski definition) is 2. The molecular weight excluding hydrogens is 301 g/mol. The van der Waals surface area contributed by atoms with Crippen LogP contribution in [-0.4, -0.2) is 29.2 Å². The molecule has 96 valence electrons. The minimum absolute atomic E-state index is 0.121. The molecular formula is C9H12BrF3N4. The second-order valence-electron chi connectivity index (χ2n) is 3.28. The van der Waals surface area contributed by atoms with E-state index >= 15 is 0 Å². The van der Waals surface area contributed by atoms with E-state index in [0.29, 0.717) is 16.8 Å². The van der Waals surface area contributed by atoms with Gasteiger partial charge in [-0.05, 0) is 22.4 Å². The van der Waals surface area contributed by atoms with Crippen LogP contribution in [0.25, 0.3) is 0 Å². The molecule has 1 aromatic rings. The molecule has 2 N–H and O–H groups in total. The zero-order valence-corrected chi connectivity index (χ0v) is 10.7. The van der Waals surface area contributed by atoms with E-state index in [0.717, 1.165) is 6.42 Å². The molecule has 0 aliphatic rings. The summed E-state index contributed by atoms with van der Waals surface area (Å²) in [6.07, 6.45) is -2.18. The minimum atomic E-state index is -4.28. The number of nitrogens with one attached hydrogen (secondary N) is 2. The van der Waals surface area contributed by atoms with Crippen molar-refractivity contribution < 1.29 is 13.2 Å². The van der Waals surface area contributed by atoms with Crippen LogP contribution in [0.1, 0.15) is 13.3 Å². The lowest BCUT2D eigenvalue weighted by atomic mass is 10.4. The van der Waals surface area contributed by atoms with Gasteiger partial charge in [0.2, 0.25) is 0 Å². The van der Waals surface area contributed by atoms with E-state index in [4.69, 9.17) is 0 Å². The number of hydrogen-bond acceptors (Lipinski definition) is 4. The summed E-state index contributed by atoms with van der Waals surface area (Å²) in [5.41, 5.74) is 0. The third-order valence-corrected chi connectivity index (χ3v) is 2.54. The average Bonchev–Trinajstić information content (AvgIpc) is 2.25. The first-order chi connectivity index (χ1) is 7.94. The summed E-state index contributed by atoms with van der Waals surface area (Å²) in [7, 11) is 0. The Balaban J connectivity index is 2.72. The third-order valence-electron chi connectivity index (χ3n) is 1.79. The third kappa shape index (κ3) is 4.76. The Morgan fingerprint density at radius 1 is 1.24 bits per heavy atom. The Kier molecular flexibility index (Phi) is 4.98. The van der Waals surface area contributed by atoms with Crippen molar-refractivity contribution in [2.75, 3.05) is 23.7 Å². The second-order valence-corrected chi connectivity index (χ2v) is 4.07. The zero-order valence-electron chi connectivity index (χ0n) is 9.10. The van der Waals surface area contributed by atoms with E-state index in [-0.39, 0.29) is 5.82 Å². The van der Waals surface area contributed by atoms with Gasteiger partial charge in [0.15, 0.2) is 0 Å². The molecule has 0 unspecified atom stereocenters. The fourth-order valence-corrected chi connectivity index (χ4v) is 1.53. The zero-order chi connectivity index (χ0) is 12.9. The van der Waals surface area contributed by atoms with Crippen LogP contribution in [0.2, 0.25) is 0 Å². The summed E-state index contributed by atoms with van der Waals surface area (Å²) < 4.78 is 36.5. The smallest absolute Gasteiger partial charge is 0.369 e. The highest BCUT2D eigenvalue weighted by Crippen LogP contribution is 2.27. The Bertz CT molecular complexity index is 370. The monoisotopic (exact) mass is 312 g/mol. The van der Waals surface area contributed by atoms with Gasteiger partial charge in [-0.3, -0.25) is 0 Å². The lowest BCUT2D eigenvalue weighted by molar-refractivity contribution is -0.115. The molecule has 0 saturated heterocycles. The second kappa shape index (κ2) is 6.04. The quantitative estimate of drug-likeness (QED) is 0.877. The van der Waals surface area contributed by atoms with Crippen molar-refractivity contribution in [3.05, 3.63) is 10.8 Å². The van der Waals surface area contributed by atoms with Gasteiger partial charge < -0.3 is 10.6 Å². The van der Waals surface area contributed by atoms with Crippen molar-refractivity contribution in [1.82, 2.24) is 9.97 Å². The molecule has 1 rings (SSSR count). The standard InChI is InChI=1S/C9H12BrF3N4/c1-2-3-14-7-6(10)8(17-5-16-7)15-4-9(11,12)13/h5H,2-4H2,1H3,(H2,14,15,16,17). The summed E-state index contributed by atoms with van der Waals surface area (Å²) in [5.74, 6) is 0.599. The van der Waals surface area contributed by atoms with Crippen LogP contribution in [-0.2, 0) is 0 Å². The van der Waals surface area contributed by atoms with E-state index in [2.05, 4.69) is 36.5 Å². The van der Waals surface area contributed by atoms with Crippen molar-refractivity contribution in [2.45, 2.75) is 19.5 Å². The molecule has 1 aromatic heterocycles. The summed E-state index contributed by atoms with van der Waals surface area (Å²) in [6, 6.07) is 0. The van der Waals surface area contributed by atoms with Crippen LogP contribution < -0.4 is 10.6 Å². The first-order valence-electron chi connectivity index (χ1n) is 4.99. The Labute approximate surface area is 105 Å². The highest BCUT2D eigenvalue weighted by atomic mass is 79.9. The maximum absolute atomic E-state index is 12.0. The Morgan fingerprint density at radius 3 is 2.35 bits per heavy atom. The van der Waals surface area contributed by atoms with Crippen LogP contribution in [0.4, 0.5) is 24.8 Å².